The second-order valence-corrected chi connectivity index (χ2v) is 5.86. The molecule has 2 amide bonds. The van der Waals surface area contributed by atoms with E-state index in [1.165, 1.54) is 7.11 Å². The Labute approximate surface area is 158 Å². The first-order chi connectivity index (χ1) is 11.5. The molecule has 0 bridgehead atoms. The van der Waals surface area contributed by atoms with Gasteiger partial charge in [-0.05, 0) is 18.6 Å². The third kappa shape index (κ3) is 6.36. The number of amides is 2. The van der Waals surface area contributed by atoms with Gasteiger partial charge in [-0.3, -0.25) is 9.59 Å². The van der Waals surface area contributed by atoms with Gasteiger partial charge in [-0.15, -0.1) is 12.4 Å². The second kappa shape index (κ2) is 10.5. The first kappa shape index (κ1) is 21.5. The number of ether oxygens (including phenoxy) is 2. The lowest BCUT2D eigenvalue weighted by molar-refractivity contribution is -0.134. The number of morpholine rings is 1. The molecule has 1 heterocycles. The van der Waals surface area contributed by atoms with E-state index in [2.05, 4.69) is 16.0 Å². The zero-order chi connectivity index (χ0) is 17.5. The van der Waals surface area contributed by atoms with E-state index in [1.807, 2.05) is 6.92 Å². The van der Waals surface area contributed by atoms with Crippen LogP contribution in [0, 0.1) is 6.92 Å². The molecule has 140 valence electrons. The molecule has 1 aromatic carbocycles. The molecule has 0 spiro atoms. The molecule has 1 aromatic rings. The number of carbonyl (C=O) groups is 2. The Morgan fingerprint density at radius 3 is 2.84 bits per heavy atom. The molecule has 1 aliphatic heterocycles. The predicted molar refractivity (Wildman–Crippen MR) is 98.9 cm³/mol. The summed E-state index contributed by atoms with van der Waals surface area (Å²) in [6.07, 6.45) is -0.350. The van der Waals surface area contributed by atoms with Crippen LogP contribution in [0.2, 0.25) is 5.02 Å². The van der Waals surface area contributed by atoms with E-state index >= 15 is 0 Å². The minimum Gasteiger partial charge on any atom is -0.495 e. The highest BCUT2D eigenvalue weighted by Crippen LogP contribution is 2.30. The van der Waals surface area contributed by atoms with Gasteiger partial charge in [0, 0.05) is 37.1 Å². The van der Waals surface area contributed by atoms with Crippen molar-refractivity contribution < 1.29 is 19.1 Å². The Bertz CT molecular complexity index is 607. The van der Waals surface area contributed by atoms with Crippen LogP contribution in [0.15, 0.2) is 12.1 Å². The van der Waals surface area contributed by atoms with E-state index in [1.54, 1.807) is 12.1 Å². The summed E-state index contributed by atoms with van der Waals surface area (Å²) in [5.41, 5.74) is 1.39. The Balaban J connectivity index is 0.00000312. The molecule has 1 saturated heterocycles. The molecular weight excluding hydrogens is 369 g/mol. The molecule has 7 nitrogen and oxygen atoms in total. The molecule has 0 aliphatic carbocycles. The Hall–Kier alpha value is -1.54. The van der Waals surface area contributed by atoms with Crippen molar-refractivity contribution in [2.45, 2.75) is 19.4 Å². The number of methoxy groups -OCH3 is 1. The molecule has 2 rings (SSSR count). The van der Waals surface area contributed by atoms with Gasteiger partial charge in [-0.1, -0.05) is 11.6 Å². The van der Waals surface area contributed by atoms with Crippen molar-refractivity contribution in [1.29, 1.82) is 0 Å². The maximum absolute atomic E-state index is 12.0. The van der Waals surface area contributed by atoms with E-state index in [0.29, 0.717) is 29.6 Å². The minimum absolute atomic E-state index is 0. The molecule has 9 heteroatoms. The molecule has 1 aliphatic rings. The van der Waals surface area contributed by atoms with Gasteiger partial charge in [0.25, 0.3) is 0 Å². The zero-order valence-electron chi connectivity index (χ0n) is 14.2. The summed E-state index contributed by atoms with van der Waals surface area (Å²) >= 11 is 6.04. The van der Waals surface area contributed by atoms with E-state index in [4.69, 9.17) is 21.1 Å². The van der Waals surface area contributed by atoms with Gasteiger partial charge in [0.15, 0.2) is 0 Å². The van der Waals surface area contributed by atoms with Crippen LogP contribution in [0.4, 0.5) is 5.69 Å². The van der Waals surface area contributed by atoms with E-state index in [9.17, 15) is 9.59 Å². The van der Waals surface area contributed by atoms with Crippen LogP contribution in [0.1, 0.15) is 12.0 Å². The lowest BCUT2D eigenvalue weighted by Crippen LogP contribution is -2.48. The molecule has 3 N–H and O–H groups in total. The number of carbonyl (C=O) groups excluding carboxylic acids is 2. The third-order valence-electron chi connectivity index (χ3n) is 3.63. The fourth-order valence-electron chi connectivity index (χ4n) is 2.29. The van der Waals surface area contributed by atoms with Crippen LogP contribution in [0.5, 0.6) is 5.75 Å². The predicted octanol–water partition coefficient (Wildman–Crippen LogP) is 1.51. The fraction of sp³-hybridized carbons (Fsp3) is 0.500. The molecule has 25 heavy (non-hydrogen) atoms. The van der Waals surface area contributed by atoms with Crippen molar-refractivity contribution in [2.24, 2.45) is 0 Å². The maximum atomic E-state index is 12.0. The molecular formula is C16H23Cl2N3O4. The van der Waals surface area contributed by atoms with E-state index in [0.717, 1.165) is 12.1 Å². The van der Waals surface area contributed by atoms with Crippen LogP contribution in [-0.4, -0.2) is 51.3 Å². The van der Waals surface area contributed by atoms with E-state index < -0.39 is 6.10 Å². The average molecular weight is 392 g/mol. The number of halogens is 2. The minimum atomic E-state index is -0.499. The SMILES string of the molecule is COc1cc(Cl)c(C)cc1NC(=O)CCNC(=O)C1CNCCO1.Cl. The van der Waals surface area contributed by atoms with Gasteiger partial charge in [0.2, 0.25) is 11.8 Å². The Morgan fingerprint density at radius 2 is 2.20 bits per heavy atom. The number of rotatable bonds is 6. The van der Waals surface area contributed by atoms with Crippen LogP contribution in [0.25, 0.3) is 0 Å². The van der Waals surface area contributed by atoms with Gasteiger partial charge >= 0.3 is 0 Å². The highest BCUT2D eigenvalue weighted by atomic mass is 35.5. The summed E-state index contributed by atoms with van der Waals surface area (Å²) in [5, 5.41) is 9.11. The Morgan fingerprint density at radius 1 is 1.44 bits per heavy atom. The monoisotopic (exact) mass is 391 g/mol. The van der Waals surface area contributed by atoms with Gasteiger partial charge in [0.1, 0.15) is 11.9 Å². The van der Waals surface area contributed by atoms with E-state index in [-0.39, 0.29) is 37.2 Å². The zero-order valence-corrected chi connectivity index (χ0v) is 15.8. The maximum Gasteiger partial charge on any atom is 0.250 e. The summed E-state index contributed by atoms with van der Waals surface area (Å²) in [4.78, 5) is 23.9. The molecule has 1 atom stereocenters. The van der Waals surface area contributed by atoms with Crippen molar-refractivity contribution in [3.05, 3.63) is 22.7 Å². The lowest BCUT2D eigenvalue weighted by Gasteiger charge is -2.22. The number of aryl methyl sites for hydroxylation is 1. The normalized spacial score (nSPS) is 16.5. The first-order valence-corrected chi connectivity index (χ1v) is 8.13. The quantitative estimate of drug-likeness (QED) is 0.683. The van der Waals surface area contributed by atoms with Crippen LogP contribution in [0.3, 0.4) is 0 Å². The Kier molecular flexibility index (Phi) is 8.99. The third-order valence-corrected chi connectivity index (χ3v) is 4.03. The number of hydrogen-bond donors (Lipinski definition) is 3. The molecule has 0 aromatic heterocycles. The summed E-state index contributed by atoms with van der Waals surface area (Å²) in [6, 6.07) is 3.40. The smallest absolute Gasteiger partial charge is 0.250 e. The fourth-order valence-corrected chi connectivity index (χ4v) is 2.44. The van der Waals surface area contributed by atoms with Gasteiger partial charge in [-0.2, -0.15) is 0 Å². The van der Waals surface area contributed by atoms with Crippen molar-refractivity contribution in [2.75, 3.05) is 38.7 Å². The number of anilines is 1. The number of nitrogens with one attached hydrogen (secondary N) is 3. The molecule has 1 fully saturated rings. The standard InChI is InChI=1S/C16H22ClN3O4.ClH/c1-10-7-12(13(23-2)8-11(10)17)20-15(21)3-4-19-16(22)14-9-18-5-6-24-14;/h7-8,14,18H,3-6,9H2,1-2H3,(H,19,22)(H,20,21);1H. The van der Waals surface area contributed by atoms with Gasteiger partial charge in [-0.25, -0.2) is 0 Å². The van der Waals surface area contributed by atoms with Gasteiger partial charge in [0.05, 0.1) is 19.4 Å². The molecule has 1 unspecified atom stereocenters. The van der Waals surface area contributed by atoms with Crippen LogP contribution in [-0.2, 0) is 14.3 Å². The van der Waals surface area contributed by atoms with Crippen molar-refractivity contribution in [1.82, 2.24) is 10.6 Å². The number of hydrogen-bond acceptors (Lipinski definition) is 5. The summed E-state index contributed by atoms with van der Waals surface area (Å²) in [7, 11) is 1.51. The largest absolute Gasteiger partial charge is 0.495 e. The molecule has 0 saturated carbocycles. The second-order valence-electron chi connectivity index (χ2n) is 5.45. The topological polar surface area (TPSA) is 88.7 Å². The number of benzene rings is 1. The van der Waals surface area contributed by atoms with Crippen molar-refractivity contribution in [3.63, 3.8) is 0 Å². The van der Waals surface area contributed by atoms with Gasteiger partial charge < -0.3 is 25.4 Å². The summed E-state index contributed by atoms with van der Waals surface area (Å²) < 4.78 is 10.6. The van der Waals surface area contributed by atoms with Crippen molar-refractivity contribution >= 4 is 41.5 Å². The summed E-state index contributed by atoms with van der Waals surface area (Å²) in [5.74, 6) is 0.0533. The first-order valence-electron chi connectivity index (χ1n) is 7.75. The average Bonchev–Trinajstić information content (AvgIpc) is 2.58. The highest BCUT2D eigenvalue weighted by Gasteiger charge is 2.21. The summed E-state index contributed by atoms with van der Waals surface area (Å²) in [6.45, 7) is 3.82. The van der Waals surface area contributed by atoms with Crippen LogP contribution < -0.4 is 20.7 Å². The molecule has 0 radical (unpaired) electrons. The van der Waals surface area contributed by atoms with Crippen LogP contribution >= 0.6 is 24.0 Å². The highest BCUT2D eigenvalue weighted by molar-refractivity contribution is 6.31. The van der Waals surface area contributed by atoms with Crippen molar-refractivity contribution in [3.8, 4) is 5.75 Å². The lowest BCUT2D eigenvalue weighted by atomic mass is 10.2.